The molecule has 29 heavy (non-hydrogen) atoms. The quantitative estimate of drug-likeness (QED) is 0.604. The van der Waals surface area contributed by atoms with Crippen molar-refractivity contribution in [1.29, 1.82) is 0 Å². The molecule has 0 unspecified atom stereocenters. The second-order valence-electron chi connectivity index (χ2n) is 6.64. The molecule has 1 aliphatic heterocycles. The minimum Gasteiger partial charge on any atom is -0.297 e. The van der Waals surface area contributed by atoms with Gasteiger partial charge in [0.2, 0.25) is 5.95 Å². The van der Waals surface area contributed by atoms with Crippen molar-refractivity contribution in [3.63, 3.8) is 0 Å². The molecule has 3 heterocycles. The molecule has 0 spiro atoms. The molecule has 0 saturated heterocycles. The Bertz CT molecular complexity index is 1280. The van der Waals surface area contributed by atoms with Gasteiger partial charge in [-0.3, -0.25) is 18.5 Å². The van der Waals surface area contributed by atoms with Crippen molar-refractivity contribution < 1.29 is 0 Å². The Morgan fingerprint density at radius 1 is 1.14 bits per heavy atom. The summed E-state index contributed by atoms with van der Waals surface area (Å²) >= 11 is 6.01. The van der Waals surface area contributed by atoms with Gasteiger partial charge in [-0.2, -0.15) is 10.1 Å². The van der Waals surface area contributed by atoms with Crippen molar-refractivity contribution >= 4 is 34.4 Å². The molecule has 0 radical (unpaired) electrons. The highest BCUT2D eigenvalue weighted by Crippen LogP contribution is 2.25. The van der Waals surface area contributed by atoms with Gasteiger partial charge in [-0.1, -0.05) is 35.9 Å². The largest absolute Gasteiger partial charge is 0.332 e. The van der Waals surface area contributed by atoms with E-state index in [9.17, 15) is 9.59 Å². The number of hydrogen-bond donors (Lipinski definition) is 0. The van der Waals surface area contributed by atoms with Crippen LogP contribution in [-0.4, -0.2) is 30.9 Å². The van der Waals surface area contributed by atoms with E-state index in [1.165, 1.54) is 10.6 Å². The first kappa shape index (κ1) is 18.9. The summed E-state index contributed by atoms with van der Waals surface area (Å²) in [6.07, 6.45) is 3.22. The molecule has 0 saturated carbocycles. The Morgan fingerprint density at radius 3 is 2.48 bits per heavy atom. The number of nitrogens with zero attached hydrogens (tertiary/aromatic N) is 6. The van der Waals surface area contributed by atoms with E-state index in [1.54, 1.807) is 34.8 Å². The SMILES string of the molecule is C=CCN1N=C(c2ccc(Cl)cc2)Cn2c1nc1c2c(=O)n(CC=C)c(=O)n1C. The maximum atomic E-state index is 13.1. The Kier molecular flexibility index (Phi) is 4.71. The first-order valence-corrected chi connectivity index (χ1v) is 9.37. The molecule has 1 aromatic carbocycles. The standard InChI is InChI=1S/C20H19ClN6O2/c1-4-10-25-18(28)16-17(24(3)20(25)29)22-19-26(16)12-15(23-27(19)11-5-2)13-6-8-14(21)9-7-13/h4-9H,1-2,10-12H2,3H3. The van der Waals surface area contributed by atoms with Crippen molar-refractivity contribution in [3.05, 3.63) is 81.0 Å². The lowest BCUT2D eigenvalue weighted by molar-refractivity contribution is 0.664. The molecule has 0 amide bonds. The summed E-state index contributed by atoms with van der Waals surface area (Å²) in [7, 11) is 1.60. The van der Waals surface area contributed by atoms with Gasteiger partial charge >= 0.3 is 5.69 Å². The Hall–Kier alpha value is -3.39. The molecule has 9 heteroatoms. The van der Waals surface area contributed by atoms with Crippen LogP contribution in [0.4, 0.5) is 5.95 Å². The molecule has 2 aromatic heterocycles. The van der Waals surface area contributed by atoms with E-state index in [2.05, 4.69) is 23.2 Å². The number of aryl methyl sites for hydroxylation is 1. The van der Waals surface area contributed by atoms with Crippen LogP contribution in [-0.2, 0) is 20.1 Å². The molecule has 0 fully saturated rings. The number of allylic oxidation sites excluding steroid dienone is 1. The van der Waals surface area contributed by atoms with Gasteiger partial charge in [0, 0.05) is 18.6 Å². The average molecular weight is 411 g/mol. The zero-order valence-electron chi connectivity index (χ0n) is 15.9. The maximum Gasteiger partial charge on any atom is 0.332 e. The highest BCUT2D eigenvalue weighted by Gasteiger charge is 2.27. The molecule has 3 aromatic rings. The number of aromatic nitrogens is 4. The number of rotatable bonds is 5. The minimum atomic E-state index is -0.438. The van der Waals surface area contributed by atoms with Gasteiger partial charge in [0.05, 0.1) is 18.8 Å². The number of imidazole rings is 1. The minimum absolute atomic E-state index is 0.121. The van der Waals surface area contributed by atoms with Crippen molar-refractivity contribution in [1.82, 2.24) is 18.7 Å². The van der Waals surface area contributed by atoms with E-state index >= 15 is 0 Å². The van der Waals surface area contributed by atoms with Gasteiger partial charge in [-0.25, -0.2) is 9.80 Å². The average Bonchev–Trinajstić information content (AvgIpc) is 3.10. The van der Waals surface area contributed by atoms with Crippen LogP contribution in [0.15, 0.2) is 64.3 Å². The lowest BCUT2D eigenvalue weighted by Gasteiger charge is -2.25. The van der Waals surface area contributed by atoms with Crippen LogP contribution >= 0.6 is 11.6 Å². The summed E-state index contributed by atoms with van der Waals surface area (Å²) in [5, 5.41) is 6.99. The van der Waals surface area contributed by atoms with E-state index in [0.29, 0.717) is 35.2 Å². The second kappa shape index (κ2) is 7.21. The monoisotopic (exact) mass is 410 g/mol. The van der Waals surface area contributed by atoms with Gasteiger partial charge in [0.25, 0.3) is 5.56 Å². The van der Waals surface area contributed by atoms with Crippen LogP contribution in [0.25, 0.3) is 11.2 Å². The van der Waals surface area contributed by atoms with Crippen molar-refractivity contribution in [2.45, 2.75) is 13.1 Å². The van der Waals surface area contributed by atoms with Gasteiger partial charge < -0.3 is 0 Å². The molecular weight excluding hydrogens is 392 g/mol. The predicted octanol–water partition coefficient (Wildman–Crippen LogP) is 2.15. The van der Waals surface area contributed by atoms with E-state index in [4.69, 9.17) is 11.6 Å². The fourth-order valence-electron chi connectivity index (χ4n) is 3.40. The van der Waals surface area contributed by atoms with Gasteiger partial charge in [-0.15, -0.1) is 13.2 Å². The van der Waals surface area contributed by atoms with Gasteiger partial charge in [0.1, 0.15) is 0 Å². The van der Waals surface area contributed by atoms with Crippen LogP contribution in [0.5, 0.6) is 0 Å². The number of benzene rings is 1. The normalized spacial score (nSPS) is 13.3. The fourth-order valence-corrected chi connectivity index (χ4v) is 3.53. The lowest BCUT2D eigenvalue weighted by atomic mass is 10.1. The highest BCUT2D eigenvalue weighted by atomic mass is 35.5. The van der Waals surface area contributed by atoms with Crippen LogP contribution in [0.1, 0.15) is 5.56 Å². The van der Waals surface area contributed by atoms with Crippen molar-refractivity contribution in [2.75, 3.05) is 11.6 Å². The van der Waals surface area contributed by atoms with Gasteiger partial charge in [-0.05, 0) is 17.7 Å². The third kappa shape index (κ3) is 3.01. The Morgan fingerprint density at radius 2 is 1.83 bits per heavy atom. The highest BCUT2D eigenvalue weighted by molar-refractivity contribution is 6.30. The molecular formula is C20H19ClN6O2. The predicted molar refractivity (Wildman–Crippen MR) is 115 cm³/mol. The van der Waals surface area contributed by atoms with E-state index in [-0.39, 0.29) is 6.54 Å². The third-order valence-corrected chi connectivity index (χ3v) is 5.04. The molecule has 0 bridgehead atoms. The van der Waals surface area contributed by atoms with Crippen molar-refractivity contribution in [2.24, 2.45) is 12.1 Å². The first-order valence-electron chi connectivity index (χ1n) is 8.99. The Balaban J connectivity index is 1.98. The summed E-state index contributed by atoms with van der Waals surface area (Å²) in [4.78, 5) is 30.3. The molecule has 148 valence electrons. The Labute approximate surface area is 171 Å². The summed E-state index contributed by atoms with van der Waals surface area (Å²) < 4.78 is 4.31. The number of anilines is 1. The lowest BCUT2D eigenvalue weighted by Crippen LogP contribution is -2.39. The molecule has 4 rings (SSSR count). The van der Waals surface area contributed by atoms with Gasteiger partial charge in [0.15, 0.2) is 11.2 Å². The maximum absolute atomic E-state index is 13.1. The zero-order chi connectivity index (χ0) is 20.7. The molecule has 8 nitrogen and oxygen atoms in total. The topological polar surface area (TPSA) is 77.4 Å². The molecule has 0 atom stereocenters. The summed E-state index contributed by atoms with van der Waals surface area (Å²) in [6, 6.07) is 7.34. The zero-order valence-corrected chi connectivity index (χ0v) is 16.6. The summed E-state index contributed by atoms with van der Waals surface area (Å²) in [5.41, 5.74) is 1.45. The van der Waals surface area contributed by atoms with Crippen molar-refractivity contribution in [3.8, 4) is 0 Å². The molecule has 0 N–H and O–H groups in total. The van der Waals surface area contributed by atoms with E-state index in [0.717, 1.165) is 15.8 Å². The number of hydrogen-bond acceptors (Lipinski definition) is 5. The van der Waals surface area contributed by atoms with Crippen LogP contribution in [0, 0.1) is 0 Å². The molecule has 1 aliphatic rings. The first-order chi connectivity index (χ1) is 14.0. The van der Waals surface area contributed by atoms with Crippen LogP contribution in [0.3, 0.4) is 0 Å². The third-order valence-electron chi connectivity index (χ3n) is 4.78. The van der Waals surface area contributed by atoms with Crippen LogP contribution in [0.2, 0.25) is 5.02 Å². The smallest absolute Gasteiger partial charge is 0.297 e. The second-order valence-corrected chi connectivity index (χ2v) is 7.08. The number of fused-ring (bicyclic) bond motifs is 3. The number of hydrazone groups is 1. The van der Waals surface area contributed by atoms with E-state index in [1.807, 2.05) is 12.1 Å². The molecule has 0 aliphatic carbocycles. The summed E-state index contributed by atoms with van der Waals surface area (Å²) in [6.45, 7) is 8.28. The van der Waals surface area contributed by atoms with Crippen LogP contribution < -0.4 is 16.3 Å². The van der Waals surface area contributed by atoms with E-state index < -0.39 is 11.2 Å². The summed E-state index contributed by atoms with van der Waals surface area (Å²) in [5.74, 6) is 0.487. The fraction of sp³-hybridized carbons (Fsp3) is 0.200. The number of halogens is 1.